The van der Waals surface area contributed by atoms with Crippen LogP contribution in [0.4, 0.5) is 4.39 Å². The highest BCUT2D eigenvalue weighted by Crippen LogP contribution is 2.31. The number of carbonyl (C=O) groups is 1. The van der Waals surface area contributed by atoms with Gasteiger partial charge in [-0.25, -0.2) is 9.37 Å². The average molecular weight is 458 g/mol. The van der Waals surface area contributed by atoms with E-state index >= 15 is 0 Å². The third-order valence-electron chi connectivity index (χ3n) is 6.52. The summed E-state index contributed by atoms with van der Waals surface area (Å²) in [5, 5.41) is 0. The third-order valence-corrected chi connectivity index (χ3v) is 6.52. The lowest BCUT2D eigenvalue weighted by Crippen LogP contribution is -2.24. The second kappa shape index (κ2) is 9.29. The highest BCUT2D eigenvalue weighted by atomic mass is 19.1. The van der Waals surface area contributed by atoms with Gasteiger partial charge in [0.1, 0.15) is 24.0 Å². The lowest BCUT2D eigenvalue weighted by atomic mass is 10.1. The number of imidazole rings is 1. The molecule has 6 heteroatoms. The van der Waals surface area contributed by atoms with Gasteiger partial charge < -0.3 is 14.2 Å². The van der Waals surface area contributed by atoms with Crippen LogP contribution in [0.15, 0.2) is 66.7 Å². The summed E-state index contributed by atoms with van der Waals surface area (Å²) in [6, 6.07) is 20.5. The summed E-state index contributed by atoms with van der Waals surface area (Å²) in [7, 11) is 0. The molecule has 5 rings (SSSR count). The van der Waals surface area contributed by atoms with Crippen LogP contribution in [0.3, 0.4) is 0 Å². The quantitative estimate of drug-likeness (QED) is 0.374. The Balaban J connectivity index is 1.36. The largest absolute Gasteiger partial charge is 0.491 e. The molecule has 1 atom stereocenters. The summed E-state index contributed by atoms with van der Waals surface area (Å²) in [5.74, 6) is 1.67. The Kier molecular flexibility index (Phi) is 6.05. The van der Waals surface area contributed by atoms with Gasteiger partial charge in [0.2, 0.25) is 5.91 Å². The molecule has 0 spiro atoms. The van der Waals surface area contributed by atoms with Crippen LogP contribution in [0.5, 0.6) is 5.75 Å². The van der Waals surface area contributed by atoms with Crippen molar-refractivity contribution in [2.24, 2.45) is 0 Å². The van der Waals surface area contributed by atoms with Crippen LogP contribution in [0, 0.1) is 19.7 Å². The number of para-hydroxylation sites is 3. The van der Waals surface area contributed by atoms with Gasteiger partial charge in [0.05, 0.1) is 17.6 Å². The highest BCUT2D eigenvalue weighted by Gasteiger charge is 2.34. The van der Waals surface area contributed by atoms with Crippen molar-refractivity contribution in [3.05, 3.63) is 95.1 Å². The van der Waals surface area contributed by atoms with E-state index in [-0.39, 0.29) is 17.6 Å². The first-order chi connectivity index (χ1) is 16.5. The van der Waals surface area contributed by atoms with E-state index in [0.29, 0.717) is 32.7 Å². The molecule has 0 aliphatic carbocycles. The molecule has 1 aromatic heterocycles. The summed E-state index contributed by atoms with van der Waals surface area (Å²) in [6.45, 7) is 6.34. The summed E-state index contributed by atoms with van der Waals surface area (Å²) < 4.78 is 21.6. The standard InChI is InChI=1S/C28H28FN3O2/c1-19-6-5-7-20(2)27(19)34-15-14-32-25-9-4-3-8-24(25)30-28(32)22-16-26(33)31(18-22)17-21-10-12-23(29)13-11-21/h3-13,22H,14-18H2,1-2H3/t22-/m0/s1. The van der Waals surface area contributed by atoms with Gasteiger partial charge in [-0.1, -0.05) is 42.5 Å². The fraction of sp³-hybridized carbons (Fsp3) is 0.286. The highest BCUT2D eigenvalue weighted by molar-refractivity contribution is 5.81. The summed E-state index contributed by atoms with van der Waals surface area (Å²) >= 11 is 0. The molecule has 174 valence electrons. The lowest BCUT2D eigenvalue weighted by Gasteiger charge is -2.18. The molecule has 1 aliphatic rings. The first kappa shape index (κ1) is 22.1. The monoisotopic (exact) mass is 457 g/mol. The summed E-state index contributed by atoms with van der Waals surface area (Å²) in [5.41, 5.74) is 5.13. The van der Waals surface area contributed by atoms with Gasteiger partial charge in [-0.15, -0.1) is 0 Å². The van der Waals surface area contributed by atoms with Gasteiger partial charge in [-0.3, -0.25) is 4.79 Å². The number of hydrogen-bond donors (Lipinski definition) is 0. The third kappa shape index (κ3) is 4.40. The molecular formula is C28H28FN3O2. The van der Waals surface area contributed by atoms with Crippen LogP contribution in [-0.2, 0) is 17.9 Å². The lowest BCUT2D eigenvalue weighted by molar-refractivity contribution is -0.128. The van der Waals surface area contributed by atoms with Gasteiger partial charge in [0.25, 0.3) is 0 Å². The van der Waals surface area contributed by atoms with Crippen LogP contribution in [0.1, 0.15) is 34.9 Å². The van der Waals surface area contributed by atoms with E-state index < -0.39 is 0 Å². The number of aromatic nitrogens is 2. The van der Waals surface area contributed by atoms with Crippen molar-refractivity contribution in [1.82, 2.24) is 14.5 Å². The topological polar surface area (TPSA) is 47.4 Å². The van der Waals surface area contributed by atoms with Gasteiger partial charge in [-0.05, 0) is 54.8 Å². The number of likely N-dealkylation sites (tertiary alicyclic amines) is 1. The number of ether oxygens (including phenoxy) is 1. The molecule has 1 amide bonds. The van der Waals surface area contributed by atoms with Crippen LogP contribution in [0.2, 0.25) is 0 Å². The molecule has 0 saturated carbocycles. The number of carbonyl (C=O) groups excluding carboxylic acids is 1. The molecule has 0 bridgehead atoms. The van der Waals surface area contributed by atoms with Crippen molar-refractivity contribution < 1.29 is 13.9 Å². The molecule has 2 heterocycles. The predicted molar refractivity (Wildman–Crippen MR) is 130 cm³/mol. The smallest absolute Gasteiger partial charge is 0.223 e. The average Bonchev–Trinajstić information content (AvgIpc) is 3.37. The van der Waals surface area contributed by atoms with E-state index in [2.05, 4.69) is 36.6 Å². The second-order valence-corrected chi connectivity index (χ2v) is 8.98. The van der Waals surface area contributed by atoms with Crippen molar-refractivity contribution in [2.45, 2.75) is 39.3 Å². The van der Waals surface area contributed by atoms with E-state index in [9.17, 15) is 9.18 Å². The molecule has 0 N–H and O–H groups in total. The molecule has 0 radical (unpaired) electrons. The van der Waals surface area contributed by atoms with Gasteiger partial charge in [-0.2, -0.15) is 0 Å². The van der Waals surface area contributed by atoms with Crippen molar-refractivity contribution in [1.29, 1.82) is 0 Å². The number of hydrogen-bond acceptors (Lipinski definition) is 3. The number of rotatable bonds is 7. The SMILES string of the molecule is Cc1cccc(C)c1OCCn1c([C@H]2CC(=O)N(Cc3ccc(F)cc3)C2)nc2ccccc21. The minimum absolute atomic E-state index is 0.000505. The first-order valence-electron chi connectivity index (χ1n) is 11.7. The molecule has 1 aliphatic heterocycles. The number of aryl methyl sites for hydroxylation is 2. The Labute approximate surface area is 198 Å². The zero-order valence-corrected chi connectivity index (χ0v) is 19.5. The van der Waals surface area contributed by atoms with Gasteiger partial charge >= 0.3 is 0 Å². The van der Waals surface area contributed by atoms with E-state index in [1.165, 1.54) is 12.1 Å². The Morgan fingerprint density at radius 1 is 1.00 bits per heavy atom. The van der Waals surface area contributed by atoms with Crippen molar-refractivity contribution >= 4 is 16.9 Å². The van der Waals surface area contributed by atoms with Crippen LogP contribution >= 0.6 is 0 Å². The Bertz CT molecular complexity index is 1310. The maximum Gasteiger partial charge on any atom is 0.223 e. The Hall–Kier alpha value is -3.67. The zero-order valence-electron chi connectivity index (χ0n) is 19.5. The zero-order chi connectivity index (χ0) is 23.7. The molecule has 34 heavy (non-hydrogen) atoms. The maximum atomic E-state index is 13.3. The second-order valence-electron chi connectivity index (χ2n) is 8.98. The van der Waals surface area contributed by atoms with Crippen LogP contribution < -0.4 is 4.74 Å². The Morgan fingerprint density at radius 2 is 1.74 bits per heavy atom. The molecule has 5 nitrogen and oxygen atoms in total. The molecule has 3 aromatic carbocycles. The van der Waals surface area contributed by atoms with Crippen molar-refractivity contribution in [3.63, 3.8) is 0 Å². The van der Waals surface area contributed by atoms with E-state index in [1.54, 1.807) is 12.1 Å². The van der Waals surface area contributed by atoms with E-state index in [0.717, 1.165) is 39.3 Å². The summed E-state index contributed by atoms with van der Waals surface area (Å²) in [6.07, 6.45) is 0.419. The minimum atomic E-state index is -0.272. The summed E-state index contributed by atoms with van der Waals surface area (Å²) in [4.78, 5) is 19.6. The normalized spacial score (nSPS) is 15.9. The van der Waals surface area contributed by atoms with E-state index in [4.69, 9.17) is 9.72 Å². The number of fused-ring (bicyclic) bond motifs is 1. The Morgan fingerprint density at radius 3 is 2.50 bits per heavy atom. The maximum absolute atomic E-state index is 13.3. The van der Waals surface area contributed by atoms with Crippen molar-refractivity contribution in [2.75, 3.05) is 13.2 Å². The fourth-order valence-corrected chi connectivity index (χ4v) is 4.81. The fourth-order valence-electron chi connectivity index (χ4n) is 4.81. The van der Waals surface area contributed by atoms with Crippen LogP contribution in [-0.4, -0.2) is 33.5 Å². The molecule has 1 saturated heterocycles. The van der Waals surface area contributed by atoms with Crippen LogP contribution in [0.25, 0.3) is 11.0 Å². The number of halogens is 1. The number of benzene rings is 3. The van der Waals surface area contributed by atoms with Gasteiger partial charge in [0, 0.05) is 25.4 Å². The molecular weight excluding hydrogens is 429 g/mol. The predicted octanol–water partition coefficient (Wildman–Crippen LogP) is 5.39. The first-order valence-corrected chi connectivity index (χ1v) is 11.7. The molecule has 0 unspecified atom stereocenters. The minimum Gasteiger partial charge on any atom is -0.491 e. The number of amides is 1. The van der Waals surface area contributed by atoms with E-state index in [1.807, 2.05) is 29.2 Å². The number of nitrogens with zero attached hydrogens (tertiary/aromatic N) is 3. The molecule has 4 aromatic rings. The van der Waals surface area contributed by atoms with Gasteiger partial charge in [0.15, 0.2) is 0 Å². The van der Waals surface area contributed by atoms with Crippen molar-refractivity contribution in [3.8, 4) is 5.75 Å². The molecule has 1 fully saturated rings.